The topological polar surface area (TPSA) is 91.7 Å². The van der Waals surface area contributed by atoms with Crippen LogP contribution in [0.15, 0.2) is 30.5 Å². The number of nitrogens with zero attached hydrogens (tertiary/aromatic N) is 2. The van der Waals surface area contributed by atoms with E-state index in [0.717, 1.165) is 0 Å². The van der Waals surface area contributed by atoms with Crippen molar-refractivity contribution in [1.29, 1.82) is 0 Å². The number of carbonyl (C=O) groups excluding carboxylic acids is 2. The molecular formula is C21H29N3O5. The number of anilines is 1. The molecule has 0 saturated heterocycles. The van der Waals surface area contributed by atoms with Crippen LogP contribution in [0, 0.1) is 5.92 Å². The van der Waals surface area contributed by atoms with Crippen LogP contribution < -0.4 is 14.8 Å². The molecule has 2 aromatic rings. The fourth-order valence-corrected chi connectivity index (χ4v) is 2.50. The molecule has 8 nitrogen and oxygen atoms in total. The fourth-order valence-electron chi connectivity index (χ4n) is 2.50. The molecule has 0 saturated carbocycles. The summed E-state index contributed by atoms with van der Waals surface area (Å²) >= 11 is 0. The van der Waals surface area contributed by atoms with Gasteiger partial charge in [0, 0.05) is 12.1 Å². The van der Waals surface area contributed by atoms with Crippen molar-refractivity contribution in [3.05, 3.63) is 36.0 Å². The van der Waals surface area contributed by atoms with Gasteiger partial charge in [-0.15, -0.1) is 0 Å². The largest absolute Gasteiger partial charge is 0.493 e. The first-order chi connectivity index (χ1) is 13.7. The summed E-state index contributed by atoms with van der Waals surface area (Å²) in [5, 5.41) is 6.89. The van der Waals surface area contributed by atoms with Crippen LogP contribution in [0.2, 0.25) is 0 Å². The van der Waals surface area contributed by atoms with Gasteiger partial charge in [-0.3, -0.25) is 4.79 Å². The summed E-state index contributed by atoms with van der Waals surface area (Å²) in [5.74, 6) is 0.809. The standard InChI is InChI=1S/C21H29N3O5/c1-13(2)12-28-17-8-7-16(11-18(17)27-6)21(26)29-15(5)20(25)23-19-9-10-22-24(19)14(3)4/h7-11,13-15H,12H2,1-6H3,(H,23,25)/t15-/m0/s1. The van der Waals surface area contributed by atoms with Gasteiger partial charge in [0.05, 0.1) is 25.5 Å². The third kappa shape index (κ3) is 5.97. The molecular weight excluding hydrogens is 374 g/mol. The average Bonchev–Trinajstić information content (AvgIpc) is 3.14. The summed E-state index contributed by atoms with van der Waals surface area (Å²) in [5.41, 5.74) is 0.269. The number of amides is 1. The Hall–Kier alpha value is -3.03. The molecule has 1 N–H and O–H groups in total. The lowest BCUT2D eigenvalue weighted by molar-refractivity contribution is -0.123. The molecule has 158 valence electrons. The van der Waals surface area contributed by atoms with Gasteiger partial charge in [0.1, 0.15) is 5.82 Å². The second kappa shape index (κ2) is 9.95. The third-order valence-electron chi connectivity index (χ3n) is 4.04. The van der Waals surface area contributed by atoms with Crippen LogP contribution in [0.3, 0.4) is 0 Å². The Morgan fingerprint density at radius 3 is 2.45 bits per heavy atom. The van der Waals surface area contributed by atoms with E-state index in [1.54, 1.807) is 29.1 Å². The monoisotopic (exact) mass is 403 g/mol. The zero-order valence-electron chi connectivity index (χ0n) is 17.8. The highest BCUT2D eigenvalue weighted by Crippen LogP contribution is 2.29. The van der Waals surface area contributed by atoms with Gasteiger partial charge in [-0.2, -0.15) is 5.10 Å². The van der Waals surface area contributed by atoms with Gasteiger partial charge in [0.15, 0.2) is 17.6 Å². The first-order valence-corrected chi connectivity index (χ1v) is 9.59. The van der Waals surface area contributed by atoms with E-state index in [1.807, 2.05) is 27.7 Å². The highest BCUT2D eigenvalue weighted by molar-refractivity contribution is 5.97. The predicted octanol–water partition coefficient (Wildman–Crippen LogP) is 3.69. The molecule has 1 atom stereocenters. The molecule has 0 unspecified atom stereocenters. The number of carbonyl (C=O) groups is 2. The van der Waals surface area contributed by atoms with Gasteiger partial charge in [0.25, 0.3) is 5.91 Å². The highest BCUT2D eigenvalue weighted by Gasteiger charge is 2.21. The number of methoxy groups -OCH3 is 1. The first-order valence-electron chi connectivity index (χ1n) is 9.59. The van der Waals surface area contributed by atoms with Crippen molar-refractivity contribution in [2.75, 3.05) is 19.0 Å². The van der Waals surface area contributed by atoms with E-state index in [1.165, 1.54) is 20.1 Å². The van der Waals surface area contributed by atoms with Gasteiger partial charge < -0.3 is 19.5 Å². The Bertz CT molecular complexity index is 845. The normalized spacial score (nSPS) is 12.0. The van der Waals surface area contributed by atoms with Crippen molar-refractivity contribution < 1.29 is 23.8 Å². The van der Waals surface area contributed by atoms with Gasteiger partial charge in [-0.1, -0.05) is 13.8 Å². The lowest BCUT2D eigenvalue weighted by Gasteiger charge is -2.16. The molecule has 0 radical (unpaired) electrons. The summed E-state index contributed by atoms with van der Waals surface area (Å²) in [4.78, 5) is 24.9. The van der Waals surface area contributed by atoms with E-state index in [0.29, 0.717) is 29.8 Å². The third-order valence-corrected chi connectivity index (χ3v) is 4.04. The minimum atomic E-state index is -0.985. The van der Waals surface area contributed by atoms with Gasteiger partial charge >= 0.3 is 5.97 Å². The number of rotatable bonds is 9. The smallest absolute Gasteiger partial charge is 0.339 e. The molecule has 0 aliphatic rings. The van der Waals surface area contributed by atoms with E-state index in [9.17, 15) is 9.59 Å². The van der Waals surface area contributed by atoms with E-state index >= 15 is 0 Å². The maximum Gasteiger partial charge on any atom is 0.339 e. The van der Waals surface area contributed by atoms with E-state index in [2.05, 4.69) is 10.4 Å². The van der Waals surface area contributed by atoms with E-state index < -0.39 is 18.0 Å². The number of nitrogens with one attached hydrogen (secondary N) is 1. The Balaban J connectivity index is 2.03. The van der Waals surface area contributed by atoms with Gasteiger partial charge in [-0.25, -0.2) is 9.48 Å². The highest BCUT2D eigenvalue weighted by atomic mass is 16.5. The van der Waals surface area contributed by atoms with E-state index in [4.69, 9.17) is 14.2 Å². The molecule has 0 spiro atoms. The predicted molar refractivity (Wildman–Crippen MR) is 109 cm³/mol. The van der Waals surface area contributed by atoms with Crippen LogP contribution >= 0.6 is 0 Å². The quantitative estimate of drug-likeness (QED) is 0.642. The maximum absolute atomic E-state index is 12.5. The minimum Gasteiger partial charge on any atom is -0.493 e. The van der Waals surface area contributed by atoms with Crippen molar-refractivity contribution in [1.82, 2.24) is 9.78 Å². The van der Waals surface area contributed by atoms with Crippen LogP contribution in [0.5, 0.6) is 11.5 Å². The minimum absolute atomic E-state index is 0.0852. The second-order valence-corrected chi connectivity index (χ2v) is 7.36. The van der Waals surface area contributed by atoms with Crippen LogP contribution in [0.25, 0.3) is 0 Å². The molecule has 0 aliphatic carbocycles. The average molecular weight is 403 g/mol. The number of esters is 1. The van der Waals surface area contributed by atoms with Crippen LogP contribution in [0.1, 0.15) is 51.0 Å². The molecule has 2 rings (SSSR count). The van der Waals surface area contributed by atoms with Crippen LogP contribution in [0.4, 0.5) is 5.82 Å². The summed E-state index contributed by atoms with van der Waals surface area (Å²) in [7, 11) is 1.50. The SMILES string of the molecule is COc1cc(C(=O)O[C@@H](C)C(=O)Nc2ccnn2C(C)C)ccc1OCC(C)C. The Morgan fingerprint density at radius 2 is 1.83 bits per heavy atom. The summed E-state index contributed by atoms with van der Waals surface area (Å²) in [6, 6.07) is 6.55. The maximum atomic E-state index is 12.5. The first kappa shape index (κ1) is 22.3. The Labute approximate surface area is 171 Å². The molecule has 1 heterocycles. The van der Waals surface area contributed by atoms with Crippen molar-refractivity contribution in [3.8, 4) is 11.5 Å². The molecule has 1 aromatic heterocycles. The summed E-state index contributed by atoms with van der Waals surface area (Å²) < 4.78 is 18.0. The van der Waals surface area contributed by atoms with Crippen molar-refractivity contribution >= 4 is 17.7 Å². The van der Waals surface area contributed by atoms with Crippen molar-refractivity contribution in [3.63, 3.8) is 0 Å². The lowest BCUT2D eigenvalue weighted by Crippen LogP contribution is -2.31. The van der Waals surface area contributed by atoms with Crippen molar-refractivity contribution in [2.24, 2.45) is 5.92 Å². The van der Waals surface area contributed by atoms with Crippen LogP contribution in [-0.4, -0.2) is 41.5 Å². The zero-order valence-corrected chi connectivity index (χ0v) is 17.8. The number of hydrogen-bond acceptors (Lipinski definition) is 6. The summed E-state index contributed by atoms with van der Waals surface area (Å²) in [6.45, 7) is 10.0. The molecule has 0 bridgehead atoms. The molecule has 1 amide bonds. The molecule has 0 fully saturated rings. The zero-order chi connectivity index (χ0) is 21.6. The van der Waals surface area contributed by atoms with Gasteiger partial charge in [0.2, 0.25) is 0 Å². The lowest BCUT2D eigenvalue weighted by atomic mass is 10.2. The summed E-state index contributed by atoms with van der Waals surface area (Å²) in [6.07, 6.45) is 0.613. The molecule has 0 aliphatic heterocycles. The fraction of sp³-hybridized carbons (Fsp3) is 0.476. The van der Waals surface area contributed by atoms with E-state index in [-0.39, 0.29) is 11.6 Å². The number of ether oxygens (including phenoxy) is 3. The number of hydrogen-bond donors (Lipinski definition) is 1. The molecule has 29 heavy (non-hydrogen) atoms. The molecule has 8 heteroatoms. The van der Waals surface area contributed by atoms with Gasteiger partial charge in [-0.05, 0) is 44.9 Å². The number of aromatic nitrogens is 2. The van der Waals surface area contributed by atoms with Crippen LogP contribution in [-0.2, 0) is 9.53 Å². The second-order valence-electron chi connectivity index (χ2n) is 7.36. The number of benzene rings is 1. The Morgan fingerprint density at radius 1 is 1.10 bits per heavy atom. The van der Waals surface area contributed by atoms with Crippen molar-refractivity contribution in [2.45, 2.75) is 46.8 Å². The Kier molecular flexibility index (Phi) is 7.64. The molecule has 1 aromatic carbocycles.